The number of hydrogen-bond donors (Lipinski definition) is 0. The van der Waals surface area contributed by atoms with Gasteiger partial charge in [-0.05, 0) is 25.0 Å². The van der Waals surface area contributed by atoms with Gasteiger partial charge in [0.05, 0.1) is 11.8 Å². The summed E-state index contributed by atoms with van der Waals surface area (Å²) in [5, 5.41) is 0. The number of pyridine rings is 1. The second-order valence-corrected chi connectivity index (χ2v) is 7.32. The van der Waals surface area contributed by atoms with E-state index >= 15 is 0 Å². The number of anilines is 1. The summed E-state index contributed by atoms with van der Waals surface area (Å²) in [4.78, 5) is 47.1. The molecule has 2 saturated heterocycles. The van der Waals surface area contributed by atoms with Crippen molar-refractivity contribution in [2.75, 3.05) is 37.6 Å². The van der Waals surface area contributed by atoms with Gasteiger partial charge >= 0.3 is 0 Å². The Bertz CT molecular complexity index is 676. The van der Waals surface area contributed by atoms with E-state index in [2.05, 4.69) is 9.88 Å². The Morgan fingerprint density at radius 1 is 1.00 bits per heavy atom. The fraction of sp³-hybridized carbons (Fsp3) is 0.579. The third kappa shape index (κ3) is 3.06. The Kier molecular flexibility index (Phi) is 4.61. The lowest BCUT2D eigenvalue weighted by Gasteiger charge is -2.35. The van der Waals surface area contributed by atoms with Gasteiger partial charge in [-0.2, -0.15) is 0 Å². The van der Waals surface area contributed by atoms with Gasteiger partial charge in [0.1, 0.15) is 12.4 Å². The molecule has 3 amide bonds. The first-order valence-electron chi connectivity index (χ1n) is 9.44. The van der Waals surface area contributed by atoms with E-state index in [9.17, 15) is 14.4 Å². The highest BCUT2D eigenvalue weighted by atomic mass is 16.2. The summed E-state index contributed by atoms with van der Waals surface area (Å²) < 4.78 is 0. The minimum atomic E-state index is -0.190. The molecule has 1 saturated carbocycles. The van der Waals surface area contributed by atoms with Crippen molar-refractivity contribution < 1.29 is 14.4 Å². The summed E-state index contributed by atoms with van der Waals surface area (Å²) in [7, 11) is 0. The van der Waals surface area contributed by atoms with Crippen molar-refractivity contribution in [2.24, 2.45) is 11.8 Å². The van der Waals surface area contributed by atoms with E-state index in [0.29, 0.717) is 26.2 Å². The molecule has 0 bridgehead atoms. The molecule has 0 unspecified atom stereocenters. The largest absolute Gasteiger partial charge is 0.353 e. The SMILES string of the molecule is O=C(CN1C(=O)[C@H]2CCCC[C@@H]2C1=O)N1CCN(c2ccccn2)CC1. The van der Waals surface area contributed by atoms with Crippen LogP contribution in [0.15, 0.2) is 24.4 Å². The van der Waals surface area contributed by atoms with E-state index in [1.54, 1.807) is 11.1 Å². The highest BCUT2D eigenvalue weighted by Gasteiger charge is 2.48. The molecule has 3 heterocycles. The molecule has 26 heavy (non-hydrogen) atoms. The van der Waals surface area contributed by atoms with E-state index in [4.69, 9.17) is 0 Å². The van der Waals surface area contributed by atoms with E-state index < -0.39 is 0 Å². The Balaban J connectivity index is 1.34. The summed E-state index contributed by atoms with van der Waals surface area (Å²) in [5.74, 6) is 0.120. The molecule has 2 aliphatic heterocycles. The molecule has 0 N–H and O–H groups in total. The van der Waals surface area contributed by atoms with Crippen LogP contribution in [0, 0.1) is 11.8 Å². The molecule has 0 aromatic carbocycles. The topological polar surface area (TPSA) is 73.8 Å². The monoisotopic (exact) mass is 356 g/mol. The summed E-state index contributed by atoms with van der Waals surface area (Å²) in [6.07, 6.45) is 5.32. The Labute approximate surface area is 153 Å². The zero-order valence-electron chi connectivity index (χ0n) is 14.8. The van der Waals surface area contributed by atoms with Crippen molar-refractivity contribution in [1.29, 1.82) is 0 Å². The van der Waals surface area contributed by atoms with Crippen molar-refractivity contribution in [3.05, 3.63) is 24.4 Å². The fourth-order valence-corrected chi connectivity index (χ4v) is 4.35. The van der Waals surface area contributed by atoms with Crippen LogP contribution in [-0.4, -0.2) is 65.2 Å². The minimum Gasteiger partial charge on any atom is -0.353 e. The molecular weight excluding hydrogens is 332 g/mol. The molecule has 7 nitrogen and oxygen atoms in total. The molecule has 2 atom stereocenters. The van der Waals surface area contributed by atoms with Crippen LogP contribution in [0.5, 0.6) is 0 Å². The lowest BCUT2D eigenvalue weighted by molar-refractivity contribution is -0.146. The Morgan fingerprint density at radius 2 is 1.65 bits per heavy atom. The normalized spacial score (nSPS) is 26.2. The van der Waals surface area contributed by atoms with Gasteiger partial charge in [-0.3, -0.25) is 19.3 Å². The van der Waals surface area contributed by atoms with E-state index in [0.717, 1.165) is 31.5 Å². The van der Waals surface area contributed by atoms with E-state index in [-0.39, 0.29) is 36.1 Å². The average Bonchev–Trinajstić information content (AvgIpc) is 2.94. The Morgan fingerprint density at radius 3 is 2.23 bits per heavy atom. The predicted molar refractivity (Wildman–Crippen MR) is 95.2 cm³/mol. The van der Waals surface area contributed by atoms with Crippen LogP contribution < -0.4 is 4.90 Å². The molecule has 3 aliphatic rings. The molecule has 1 aliphatic carbocycles. The predicted octanol–water partition coefficient (Wildman–Crippen LogP) is 0.905. The highest BCUT2D eigenvalue weighted by Crippen LogP contribution is 2.37. The number of aromatic nitrogens is 1. The van der Waals surface area contributed by atoms with Crippen molar-refractivity contribution in [1.82, 2.24) is 14.8 Å². The van der Waals surface area contributed by atoms with Crippen LogP contribution in [0.2, 0.25) is 0 Å². The number of rotatable bonds is 3. The zero-order chi connectivity index (χ0) is 18.1. The van der Waals surface area contributed by atoms with Gasteiger partial charge in [0.25, 0.3) is 0 Å². The number of amides is 3. The molecule has 3 fully saturated rings. The van der Waals surface area contributed by atoms with Gasteiger partial charge in [-0.15, -0.1) is 0 Å². The van der Waals surface area contributed by atoms with Gasteiger partial charge < -0.3 is 9.80 Å². The summed E-state index contributed by atoms with van der Waals surface area (Å²) in [5.41, 5.74) is 0. The molecule has 7 heteroatoms. The second-order valence-electron chi connectivity index (χ2n) is 7.32. The average molecular weight is 356 g/mol. The molecule has 4 rings (SSSR count). The molecule has 138 valence electrons. The maximum absolute atomic E-state index is 12.6. The number of fused-ring (bicyclic) bond motifs is 1. The molecule has 1 aromatic rings. The van der Waals surface area contributed by atoms with Crippen molar-refractivity contribution in [3.63, 3.8) is 0 Å². The molecule has 0 radical (unpaired) electrons. The van der Waals surface area contributed by atoms with Crippen LogP contribution in [0.3, 0.4) is 0 Å². The minimum absolute atomic E-state index is 0.103. The molecule has 0 spiro atoms. The number of nitrogens with zero attached hydrogens (tertiary/aromatic N) is 4. The van der Waals surface area contributed by atoms with Gasteiger partial charge in [-0.1, -0.05) is 18.9 Å². The lowest BCUT2D eigenvalue weighted by Crippen LogP contribution is -2.52. The van der Waals surface area contributed by atoms with E-state index in [1.165, 1.54) is 4.90 Å². The number of piperazine rings is 1. The van der Waals surface area contributed by atoms with E-state index in [1.807, 2.05) is 18.2 Å². The fourth-order valence-electron chi connectivity index (χ4n) is 4.35. The van der Waals surface area contributed by atoms with Crippen LogP contribution in [0.1, 0.15) is 25.7 Å². The van der Waals surface area contributed by atoms with Crippen molar-refractivity contribution in [2.45, 2.75) is 25.7 Å². The standard InChI is InChI=1S/C19H24N4O3/c24-17(13-23-18(25)14-5-1-2-6-15(14)19(23)26)22-11-9-21(10-12-22)16-7-3-4-8-20-16/h3-4,7-8,14-15H,1-2,5-6,9-13H2/t14-,15-/m0/s1. The smallest absolute Gasteiger partial charge is 0.242 e. The third-order valence-electron chi connectivity index (χ3n) is 5.83. The number of likely N-dealkylation sites (tertiary alicyclic amines) is 1. The number of carbonyl (C=O) groups excluding carboxylic acids is 3. The third-order valence-corrected chi connectivity index (χ3v) is 5.83. The maximum atomic E-state index is 12.6. The molecule has 1 aromatic heterocycles. The lowest BCUT2D eigenvalue weighted by atomic mass is 9.81. The first kappa shape index (κ1) is 17.0. The number of hydrogen-bond acceptors (Lipinski definition) is 5. The number of carbonyl (C=O) groups is 3. The zero-order valence-corrected chi connectivity index (χ0v) is 14.8. The summed E-state index contributed by atoms with van der Waals surface area (Å²) in [6.45, 7) is 2.47. The van der Waals surface area contributed by atoms with Gasteiger partial charge in [0, 0.05) is 32.4 Å². The van der Waals surface area contributed by atoms with Crippen molar-refractivity contribution in [3.8, 4) is 0 Å². The van der Waals surface area contributed by atoms with Crippen molar-refractivity contribution >= 4 is 23.5 Å². The molecular formula is C19H24N4O3. The van der Waals surface area contributed by atoms with Crippen LogP contribution in [0.25, 0.3) is 0 Å². The second kappa shape index (κ2) is 7.05. The van der Waals surface area contributed by atoms with Gasteiger partial charge in [-0.25, -0.2) is 4.98 Å². The first-order valence-corrected chi connectivity index (χ1v) is 9.44. The van der Waals surface area contributed by atoms with Crippen LogP contribution in [0.4, 0.5) is 5.82 Å². The Hall–Kier alpha value is -2.44. The summed E-state index contributed by atoms with van der Waals surface area (Å²) in [6, 6.07) is 5.79. The maximum Gasteiger partial charge on any atom is 0.242 e. The van der Waals surface area contributed by atoms with Gasteiger partial charge in [0.2, 0.25) is 17.7 Å². The first-order chi connectivity index (χ1) is 12.6. The van der Waals surface area contributed by atoms with Crippen LogP contribution >= 0.6 is 0 Å². The highest BCUT2D eigenvalue weighted by molar-refractivity contribution is 6.07. The van der Waals surface area contributed by atoms with Crippen LogP contribution in [-0.2, 0) is 14.4 Å². The quantitative estimate of drug-likeness (QED) is 0.753. The van der Waals surface area contributed by atoms with Gasteiger partial charge in [0.15, 0.2) is 0 Å². The number of imide groups is 1. The summed E-state index contributed by atoms with van der Waals surface area (Å²) >= 11 is 0.